The van der Waals surface area contributed by atoms with Gasteiger partial charge >= 0.3 is 0 Å². The number of halogens is 1. The van der Waals surface area contributed by atoms with Gasteiger partial charge in [0.2, 0.25) is 11.8 Å². The molecule has 7 heteroatoms. The summed E-state index contributed by atoms with van der Waals surface area (Å²) < 4.78 is 1.78. The van der Waals surface area contributed by atoms with Gasteiger partial charge in [-0.1, -0.05) is 11.6 Å². The Bertz CT molecular complexity index is 901. The van der Waals surface area contributed by atoms with E-state index in [2.05, 4.69) is 10.4 Å². The molecule has 1 fully saturated rings. The second kappa shape index (κ2) is 7.33. The van der Waals surface area contributed by atoms with Gasteiger partial charge in [0.15, 0.2) is 0 Å². The topological polar surface area (TPSA) is 67.2 Å². The van der Waals surface area contributed by atoms with Crippen molar-refractivity contribution >= 4 is 40.9 Å². The van der Waals surface area contributed by atoms with Crippen LogP contribution in [0.4, 0.5) is 11.4 Å². The number of anilines is 2. The van der Waals surface area contributed by atoms with E-state index in [0.717, 1.165) is 23.4 Å². The highest BCUT2D eigenvalue weighted by Crippen LogP contribution is 2.31. The summed E-state index contributed by atoms with van der Waals surface area (Å²) in [4.78, 5) is 25.7. The van der Waals surface area contributed by atoms with Crippen molar-refractivity contribution in [2.24, 2.45) is 7.05 Å². The van der Waals surface area contributed by atoms with Gasteiger partial charge in [0.05, 0.1) is 16.4 Å². The second-order valence-corrected chi connectivity index (χ2v) is 6.75. The van der Waals surface area contributed by atoms with Crippen molar-refractivity contribution in [3.63, 3.8) is 0 Å². The van der Waals surface area contributed by atoms with Crippen LogP contribution in [0.15, 0.2) is 24.3 Å². The van der Waals surface area contributed by atoms with Crippen LogP contribution in [-0.4, -0.2) is 28.1 Å². The summed E-state index contributed by atoms with van der Waals surface area (Å²) in [7, 11) is 1.87. The number of rotatable bonds is 4. The Morgan fingerprint density at radius 3 is 2.69 bits per heavy atom. The average molecular weight is 373 g/mol. The average Bonchev–Trinajstić information content (AvgIpc) is 3.10. The molecule has 0 spiro atoms. The number of aromatic nitrogens is 2. The van der Waals surface area contributed by atoms with Gasteiger partial charge in [-0.2, -0.15) is 5.10 Å². The highest BCUT2D eigenvalue weighted by Gasteiger charge is 2.23. The van der Waals surface area contributed by atoms with Crippen LogP contribution in [-0.2, 0) is 16.6 Å². The Hall–Kier alpha value is -2.60. The summed E-state index contributed by atoms with van der Waals surface area (Å²) in [5.74, 6) is -0.178. The van der Waals surface area contributed by atoms with Gasteiger partial charge in [0, 0.05) is 43.0 Å². The summed E-state index contributed by atoms with van der Waals surface area (Å²) in [6.07, 6.45) is 4.62. The van der Waals surface area contributed by atoms with Crippen molar-refractivity contribution in [2.45, 2.75) is 26.7 Å². The first kappa shape index (κ1) is 18.2. The molecule has 0 radical (unpaired) electrons. The summed E-state index contributed by atoms with van der Waals surface area (Å²) in [5, 5.41) is 7.55. The molecule has 1 aromatic heterocycles. The number of carbonyl (C=O) groups excluding carboxylic acids is 2. The van der Waals surface area contributed by atoms with Crippen LogP contribution in [0.3, 0.4) is 0 Å². The van der Waals surface area contributed by atoms with E-state index in [1.165, 1.54) is 6.08 Å². The van der Waals surface area contributed by atoms with Gasteiger partial charge in [-0.3, -0.25) is 14.3 Å². The minimum absolute atomic E-state index is 0.0776. The molecule has 3 rings (SSSR count). The van der Waals surface area contributed by atoms with Crippen LogP contribution in [0, 0.1) is 13.8 Å². The number of benzene rings is 1. The van der Waals surface area contributed by atoms with Crippen LogP contribution in [0.1, 0.15) is 29.8 Å². The first-order valence-electron chi connectivity index (χ1n) is 8.46. The first-order valence-corrected chi connectivity index (χ1v) is 8.84. The first-order chi connectivity index (χ1) is 12.4. The third-order valence-corrected chi connectivity index (χ3v) is 4.85. The molecule has 2 amide bonds. The predicted molar refractivity (Wildman–Crippen MR) is 103 cm³/mol. The summed E-state index contributed by atoms with van der Waals surface area (Å²) in [6.45, 7) is 4.54. The zero-order valence-electron chi connectivity index (χ0n) is 15.0. The van der Waals surface area contributed by atoms with Gasteiger partial charge in [0.25, 0.3) is 0 Å². The van der Waals surface area contributed by atoms with Crippen molar-refractivity contribution in [3.8, 4) is 0 Å². The molecule has 0 bridgehead atoms. The van der Waals surface area contributed by atoms with Gasteiger partial charge in [-0.05, 0) is 44.5 Å². The molecule has 1 saturated heterocycles. The largest absolute Gasteiger partial charge is 0.322 e. The molecule has 2 heterocycles. The Kier molecular flexibility index (Phi) is 5.13. The minimum atomic E-state index is -0.256. The van der Waals surface area contributed by atoms with E-state index in [1.807, 2.05) is 20.9 Å². The molecular formula is C19H21ClN4O2. The lowest BCUT2D eigenvalue weighted by molar-refractivity contribution is -0.117. The fourth-order valence-corrected chi connectivity index (χ4v) is 3.36. The van der Waals surface area contributed by atoms with Crippen LogP contribution in [0.25, 0.3) is 6.08 Å². The lowest BCUT2D eigenvalue weighted by Crippen LogP contribution is -2.24. The third-order valence-electron chi connectivity index (χ3n) is 4.55. The minimum Gasteiger partial charge on any atom is -0.322 e. The maximum atomic E-state index is 12.2. The van der Waals surface area contributed by atoms with Crippen LogP contribution >= 0.6 is 11.6 Å². The Labute approximate surface area is 157 Å². The molecule has 136 valence electrons. The molecule has 26 heavy (non-hydrogen) atoms. The fourth-order valence-electron chi connectivity index (χ4n) is 3.08. The molecule has 1 aromatic carbocycles. The van der Waals surface area contributed by atoms with Gasteiger partial charge < -0.3 is 10.2 Å². The number of hydrogen-bond donors (Lipinski definition) is 1. The summed E-state index contributed by atoms with van der Waals surface area (Å²) >= 11 is 6.30. The van der Waals surface area contributed by atoms with Crippen molar-refractivity contribution in [2.75, 3.05) is 16.8 Å². The van der Waals surface area contributed by atoms with Gasteiger partial charge in [-0.25, -0.2) is 0 Å². The van der Waals surface area contributed by atoms with Crippen molar-refractivity contribution < 1.29 is 9.59 Å². The quantitative estimate of drug-likeness (QED) is 0.835. The van der Waals surface area contributed by atoms with E-state index in [-0.39, 0.29) is 11.8 Å². The molecular weight excluding hydrogens is 352 g/mol. The fraction of sp³-hybridized carbons (Fsp3) is 0.316. The number of nitrogens with zero attached hydrogens (tertiary/aromatic N) is 3. The SMILES string of the molecule is Cc1nn(C)c(C)c1C=CC(=O)Nc1ccc(N2CCCC2=O)c(Cl)c1. The van der Waals surface area contributed by atoms with Crippen molar-refractivity contribution in [1.82, 2.24) is 9.78 Å². The van der Waals surface area contributed by atoms with Crippen LogP contribution in [0.5, 0.6) is 0 Å². The third kappa shape index (κ3) is 3.65. The molecule has 2 aromatic rings. The van der Waals surface area contributed by atoms with E-state index < -0.39 is 0 Å². The smallest absolute Gasteiger partial charge is 0.248 e. The molecule has 1 N–H and O–H groups in total. The molecule has 0 unspecified atom stereocenters. The van der Waals surface area contributed by atoms with E-state index in [9.17, 15) is 9.59 Å². The Morgan fingerprint density at radius 2 is 2.12 bits per heavy atom. The van der Waals surface area contributed by atoms with Crippen LogP contribution in [0.2, 0.25) is 5.02 Å². The standard InChI is InChI=1S/C19H21ClN4O2/c1-12-15(13(2)23(3)22-12)7-9-18(25)21-14-6-8-17(16(20)11-14)24-10-4-5-19(24)26/h6-9,11H,4-5,10H2,1-3H3,(H,21,25). The van der Waals surface area contributed by atoms with Crippen molar-refractivity contribution in [1.29, 1.82) is 0 Å². The molecule has 0 atom stereocenters. The van der Waals surface area contributed by atoms with Crippen LogP contribution < -0.4 is 10.2 Å². The van der Waals surface area contributed by atoms with E-state index >= 15 is 0 Å². The monoisotopic (exact) mass is 372 g/mol. The number of nitrogens with one attached hydrogen (secondary N) is 1. The molecule has 1 aliphatic rings. The van der Waals surface area contributed by atoms with Crippen molar-refractivity contribution in [3.05, 3.63) is 46.2 Å². The maximum Gasteiger partial charge on any atom is 0.248 e. The lowest BCUT2D eigenvalue weighted by Gasteiger charge is -2.17. The highest BCUT2D eigenvalue weighted by molar-refractivity contribution is 6.34. The number of aryl methyl sites for hydroxylation is 2. The number of carbonyl (C=O) groups is 2. The second-order valence-electron chi connectivity index (χ2n) is 6.35. The zero-order valence-corrected chi connectivity index (χ0v) is 15.8. The number of hydrogen-bond acceptors (Lipinski definition) is 3. The zero-order chi connectivity index (χ0) is 18.8. The van der Waals surface area contributed by atoms with E-state index in [4.69, 9.17) is 11.6 Å². The highest BCUT2D eigenvalue weighted by atomic mass is 35.5. The lowest BCUT2D eigenvalue weighted by atomic mass is 10.2. The maximum absolute atomic E-state index is 12.2. The molecule has 6 nitrogen and oxygen atoms in total. The van der Waals surface area contributed by atoms with Gasteiger partial charge in [0.1, 0.15) is 0 Å². The molecule has 0 aliphatic carbocycles. The van der Waals surface area contributed by atoms with E-state index in [1.54, 1.807) is 33.9 Å². The normalized spacial score (nSPS) is 14.5. The molecule has 1 aliphatic heterocycles. The summed E-state index contributed by atoms with van der Waals surface area (Å²) in [5.41, 5.74) is 4.07. The number of amides is 2. The molecule has 0 saturated carbocycles. The Balaban J connectivity index is 1.70. The van der Waals surface area contributed by atoms with E-state index in [0.29, 0.717) is 29.4 Å². The summed E-state index contributed by atoms with van der Waals surface area (Å²) in [6, 6.07) is 5.17. The predicted octanol–water partition coefficient (Wildman–Crippen LogP) is 3.47. The van der Waals surface area contributed by atoms with Gasteiger partial charge in [-0.15, -0.1) is 0 Å². The Morgan fingerprint density at radius 1 is 1.35 bits per heavy atom.